The summed E-state index contributed by atoms with van der Waals surface area (Å²) in [5, 5.41) is 3.75. The Kier molecular flexibility index (Phi) is 5.81. The monoisotopic (exact) mass is 269 g/mol. The van der Waals surface area contributed by atoms with Gasteiger partial charge in [0, 0.05) is 28.2 Å². The molecular weight excluding hydrogens is 257 g/mol. The van der Waals surface area contributed by atoms with Gasteiger partial charge in [0.1, 0.15) is 0 Å². The van der Waals surface area contributed by atoms with Gasteiger partial charge in [0.15, 0.2) is 0 Å². The minimum Gasteiger partial charge on any atom is -0.352 e. The van der Waals surface area contributed by atoms with E-state index in [0.29, 0.717) is 22.2 Å². The van der Waals surface area contributed by atoms with E-state index in [4.69, 9.17) is 23.2 Å². The predicted octanol–water partition coefficient (Wildman–Crippen LogP) is 3.70. The SMILES string of the molecule is C=CCCNC(=O)/C=C/c1c(Cl)cccc1Cl. The maximum Gasteiger partial charge on any atom is 0.244 e. The zero-order valence-electron chi connectivity index (χ0n) is 9.25. The summed E-state index contributed by atoms with van der Waals surface area (Å²) < 4.78 is 0. The van der Waals surface area contributed by atoms with Gasteiger partial charge in [-0.05, 0) is 24.6 Å². The maximum absolute atomic E-state index is 11.4. The van der Waals surface area contributed by atoms with E-state index >= 15 is 0 Å². The van der Waals surface area contributed by atoms with Crippen molar-refractivity contribution in [1.82, 2.24) is 5.32 Å². The molecule has 17 heavy (non-hydrogen) atoms. The second-order valence-corrected chi connectivity index (χ2v) is 4.15. The fraction of sp³-hybridized carbons (Fsp3) is 0.154. The van der Waals surface area contributed by atoms with Crippen molar-refractivity contribution in [2.24, 2.45) is 0 Å². The molecule has 0 radical (unpaired) electrons. The van der Waals surface area contributed by atoms with E-state index in [1.54, 1.807) is 30.4 Å². The third-order valence-electron chi connectivity index (χ3n) is 2.05. The molecule has 0 aromatic heterocycles. The lowest BCUT2D eigenvalue weighted by Crippen LogP contribution is -2.21. The quantitative estimate of drug-likeness (QED) is 0.493. The lowest BCUT2D eigenvalue weighted by molar-refractivity contribution is -0.116. The number of halogens is 2. The van der Waals surface area contributed by atoms with Crippen molar-refractivity contribution in [2.45, 2.75) is 6.42 Å². The van der Waals surface area contributed by atoms with Gasteiger partial charge in [-0.25, -0.2) is 0 Å². The van der Waals surface area contributed by atoms with Crippen LogP contribution in [0.15, 0.2) is 36.9 Å². The number of carbonyl (C=O) groups excluding carboxylic acids is 1. The molecule has 1 aromatic carbocycles. The van der Waals surface area contributed by atoms with Gasteiger partial charge >= 0.3 is 0 Å². The van der Waals surface area contributed by atoms with Crippen LogP contribution in [0.5, 0.6) is 0 Å². The van der Waals surface area contributed by atoms with Gasteiger partial charge in [-0.15, -0.1) is 6.58 Å². The minimum absolute atomic E-state index is 0.178. The normalized spacial score (nSPS) is 10.5. The van der Waals surface area contributed by atoms with E-state index < -0.39 is 0 Å². The van der Waals surface area contributed by atoms with Crippen LogP contribution < -0.4 is 5.32 Å². The Balaban J connectivity index is 2.64. The first-order valence-electron chi connectivity index (χ1n) is 5.16. The zero-order valence-corrected chi connectivity index (χ0v) is 10.8. The van der Waals surface area contributed by atoms with Gasteiger partial charge in [-0.3, -0.25) is 4.79 Å². The van der Waals surface area contributed by atoms with Crippen molar-refractivity contribution in [3.8, 4) is 0 Å². The molecule has 90 valence electrons. The second-order valence-electron chi connectivity index (χ2n) is 3.34. The van der Waals surface area contributed by atoms with Gasteiger partial charge < -0.3 is 5.32 Å². The Morgan fingerprint density at radius 2 is 2.00 bits per heavy atom. The zero-order chi connectivity index (χ0) is 12.7. The van der Waals surface area contributed by atoms with Crippen LogP contribution in [0, 0.1) is 0 Å². The number of nitrogens with one attached hydrogen (secondary N) is 1. The first-order valence-corrected chi connectivity index (χ1v) is 5.91. The fourth-order valence-corrected chi connectivity index (χ4v) is 1.71. The summed E-state index contributed by atoms with van der Waals surface area (Å²) in [4.78, 5) is 11.4. The summed E-state index contributed by atoms with van der Waals surface area (Å²) in [5.74, 6) is -0.178. The first-order chi connectivity index (χ1) is 8.15. The van der Waals surface area contributed by atoms with E-state index in [0.717, 1.165) is 6.42 Å². The summed E-state index contributed by atoms with van der Waals surface area (Å²) >= 11 is 11.9. The van der Waals surface area contributed by atoms with Crippen LogP contribution in [-0.2, 0) is 4.79 Å². The molecule has 0 unspecified atom stereocenters. The van der Waals surface area contributed by atoms with Gasteiger partial charge in [0.25, 0.3) is 0 Å². The number of carbonyl (C=O) groups is 1. The van der Waals surface area contributed by atoms with E-state index in [9.17, 15) is 4.79 Å². The van der Waals surface area contributed by atoms with Crippen molar-refractivity contribution in [1.29, 1.82) is 0 Å². The molecule has 1 N–H and O–H groups in total. The molecule has 1 aromatic rings. The first kappa shape index (κ1) is 13.8. The molecule has 1 amide bonds. The highest BCUT2D eigenvalue weighted by Gasteiger charge is 2.02. The average Bonchev–Trinajstić information content (AvgIpc) is 2.29. The highest BCUT2D eigenvalue weighted by molar-refractivity contribution is 6.37. The Labute approximate surface area is 111 Å². The molecule has 0 fully saturated rings. The number of hydrogen-bond donors (Lipinski definition) is 1. The standard InChI is InChI=1S/C13H13Cl2NO/c1-2-3-9-16-13(17)8-7-10-11(14)5-4-6-12(10)15/h2,4-8H,1,3,9H2,(H,16,17)/b8-7+. The minimum atomic E-state index is -0.178. The molecule has 0 bridgehead atoms. The van der Waals surface area contributed by atoms with Crippen LogP contribution in [0.25, 0.3) is 6.08 Å². The largest absolute Gasteiger partial charge is 0.352 e. The highest BCUT2D eigenvalue weighted by Crippen LogP contribution is 2.25. The predicted molar refractivity (Wildman–Crippen MR) is 73.3 cm³/mol. The summed E-state index contributed by atoms with van der Waals surface area (Å²) in [5.41, 5.74) is 0.648. The highest BCUT2D eigenvalue weighted by atomic mass is 35.5. The van der Waals surface area contributed by atoms with Crippen LogP contribution in [0.4, 0.5) is 0 Å². The molecule has 0 saturated carbocycles. The lowest BCUT2D eigenvalue weighted by atomic mass is 10.2. The number of amides is 1. The summed E-state index contributed by atoms with van der Waals surface area (Å²) in [7, 11) is 0. The number of benzene rings is 1. The fourth-order valence-electron chi connectivity index (χ4n) is 1.19. The average molecular weight is 270 g/mol. The third-order valence-corrected chi connectivity index (χ3v) is 2.71. The Morgan fingerprint density at radius 3 is 2.59 bits per heavy atom. The van der Waals surface area contributed by atoms with Gasteiger partial charge in [0.05, 0.1) is 0 Å². The topological polar surface area (TPSA) is 29.1 Å². The Morgan fingerprint density at radius 1 is 1.35 bits per heavy atom. The van der Waals surface area contributed by atoms with Gasteiger partial charge in [-0.1, -0.05) is 35.3 Å². The van der Waals surface area contributed by atoms with Crippen LogP contribution in [0.1, 0.15) is 12.0 Å². The second kappa shape index (κ2) is 7.15. The van der Waals surface area contributed by atoms with Crippen molar-refractivity contribution in [3.63, 3.8) is 0 Å². The lowest BCUT2D eigenvalue weighted by Gasteiger charge is -2.01. The van der Waals surface area contributed by atoms with Crippen LogP contribution >= 0.6 is 23.2 Å². The number of hydrogen-bond acceptors (Lipinski definition) is 1. The molecule has 0 aliphatic heterocycles. The van der Waals surface area contributed by atoms with Crippen molar-refractivity contribution in [2.75, 3.05) is 6.54 Å². The third kappa shape index (κ3) is 4.63. The summed E-state index contributed by atoms with van der Waals surface area (Å²) in [6.45, 7) is 4.14. The molecular formula is C13H13Cl2NO. The smallest absolute Gasteiger partial charge is 0.244 e. The van der Waals surface area contributed by atoms with E-state index in [-0.39, 0.29) is 5.91 Å². The van der Waals surface area contributed by atoms with E-state index in [2.05, 4.69) is 11.9 Å². The van der Waals surface area contributed by atoms with Crippen LogP contribution in [0.2, 0.25) is 10.0 Å². The molecule has 4 heteroatoms. The molecule has 2 nitrogen and oxygen atoms in total. The summed E-state index contributed by atoms with van der Waals surface area (Å²) in [6.07, 6.45) is 5.51. The summed E-state index contributed by atoms with van der Waals surface area (Å²) in [6, 6.07) is 5.21. The maximum atomic E-state index is 11.4. The molecule has 0 atom stereocenters. The van der Waals surface area contributed by atoms with E-state index in [1.165, 1.54) is 6.08 Å². The van der Waals surface area contributed by atoms with Crippen LogP contribution in [-0.4, -0.2) is 12.5 Å². The molecule has 0 spiro atoms. The number of rotatable bonds is 5. The van der Waals surface area contributed by atoms with Gasteiger partial charge in [-0.2, -0.15) is 0 Å². The van der Waals surface area contributed by atoms with Crippen LogP contribution in [0.3, 0.4) is 0 Å². The van der Waals surface area contributed by atoms with Gasteiger partial charge in [0.2, 0.25) is 5.91 Å². The van der Waals surface area contributed by atoms with Crippen molar-refractivity contribution >= 4 is 35.2 Å². The van der Waals surface area contributed by atoms with E-state index in [1.807, 2.05) is 0 Å². The van der Waals surface area contributed by atoms with Crippen molar-refractivity contribution < 1.29 is 4.79 Å². The van der Waals surface area contributed by atoms with Crippen molar-refractivity contribution in [3.05, 3.63) is 52.5 Å². The molecule has 1 rings (SSSR count). The molecule has 0 aliphatic carbocycles. The molecule has 0 heterocycles. The molecule has 0 aliphatic rings. The molecule has 0 saturated heterocycles. The Hall–Kier alpha value is -1.25. The Bertz CT molecular complexity index is 421.